The van der Waals surface area contributed by atoms with Crippen LogP contribution in [0.2, 0.25) is 0 Å². The van der Waals surface area contributed by atoms with Crippen LogP contribution in [-0.4, -0.2) is 40.4 Å². The second kappa shape index (κ2) is 8.27. The second-order valence-electron chi connectivity index (χ2n) is 6.19. The number of nitrogens with zero attached hydrogens (tertiary/aromatic N) is 3. The number of benzene rings is 1. The first-order valence-electron chi connectivity index (χ1n) is 8.52. The summed E-state index contributed by atoms with van der Waals surface area (Å²) in [5, 5.41) is 6.37. The van der Waals surface area contributed by atoms with E-state index in [2.05, 4.69) is 15.5 Å². The number of carbonyl (C=O) groups excluding carboxylic acids is 2. The van der Waals surface area contributed by atoms with Crippen molar-refractivity contribution in [3.8, 4) is 0 Å². The standard InChI is InChI=1S/C20H20N4O3/c1-14-13-18(23-27-14)22-19(25)16-3-5-17(6-4-16)20(26)24(2)12-9-15-7-10-21-11-8-15/h3-8,10-11,13H,9,12H2,1-2H3,(H,22,23,25). The van der Waals surface area contributed by atoms with Crippen molar-refractivity contribution in [3.63, 3.8) is 0 Å². The first-order valence-corrected chi connectivity index (χ1v) is 8.52. The minimum atomic E-state index is -0.312. The maximum absolute atomic E-state index is 12.5. The molecule has 3 aromatic rings. The number of aryl methyl sites for hydroxylation is 1. The topological polar surface area (TPSA) is 88.3 Å². The third-order valence-electron chi connectivity index (χ3n) is 4.10. The molecule has 0 saturated carbocycles. The van der Waals surface area contributed by atoms with E-state index in [0.717, 1.165) is 12.0 Å². The Bertz CT molecular complexity index is 920. The lowest BCUT2D eigenvalue weighted by Crippen LogP contribution is -2.28. The van der Waals surface area contributed by atoms with Crippen LogP contribution in [0.4, 0.5) is 5.82 Å². The summed E-state index contributed by atoms with van der Waals surface area (Å²) in [5.74, 6) is 0.561. The highest BCUT2D eigenvalue weighted by atomic mass is 16.5. The van der Waals surface area contributed by atoms with Crippen LogP contribution >= 0.6 is 0 Å². The van der Waals surface area contributed by atoms with E-state index in [4.69, 9.17) is 4.52 Å². The SMILES string of the molecule is Cc1cc(NC(=O)c2ccc(C(=O)N(C)CCc3ccncc3)cc2)no1. The highest BCUT2D eigenvalue weighted by Crippen LogP contribution is 2.12. The predicted octanol–water partition coefficient (Wildman–Crippen LogP) is 2.95. The van der Waals surface area contributed by atoms with Crippen molar-refractivity contribution < 1.29 is 14.1 Å². The van der Waals surface area contributed by atoms with Crippen LogP contribution in [0.15, 0.2) is 59.4 Å². The molecule has 0 aliphatic heterocycles. The number of anilines is 1. The molecule has 0 bridgehead atoms. The largest absolute Gasteiger partial charge is 0.360 e. The summed E-state index contributed by atoms with van der Waals surface area (Å²) in [6.07, 6.45) is 4.23. The Morgan fingerprint density at radius 2 is 1.74 bits per heavy atom. The average Bonchev–Trinajstić information content (AvgIpc) is 3.11. The van der Waals surface area contributed by atoms with Gasteiger partial charge >= 0.3 is 0 Å². The van der Waals surface area contributed by atoms with Crippen LogP contribution in [0.25, 0.3) is 0 Å². The summed E-state index contributed by atoms with van der Waals surface area (Å²) in [4.78, 5) is 30.4. The van der Waals surface area contributed by atoms with Gasteiger partial charge in [-0.3, -0.25) is 14.6 Å². The Labute approximate surface area is 157 Å². The van der Waals surface area contributed by atoms with E-state index in [9.17, 15) is 9.59 Å². The molecule has 0 aliphatic carbocycles. The van der Waals surface area contributed by atoms with Crippen LogP contribution < -0.4 is 5.32 Å². The molecule has 3 rings (SSSR count). The first kappa shape index (κ1) is 18.3. The molecule has 2 aromatic heterocycles. The summed E-state index contributed by atoms with van der Waals surface area (Å²) >= 11 is 0. The van der Waals surface area contributed by atoms with E-state index >= 15 is 0 Å². The maximum atomic E-state index is 12.5. The highest BCUT2D eigenvalue weighted by molar-refractivity contribution is 6.04. The fourth-order valence-electron chi connectivity index (χ4n) is 2.55. The van der Waals surface area contributed by atoms with Gasteiger partial charge in [-0.2, -0.15) is 0 Å². The van der Waals surface area contributed by atoms with Crippen molar-refractivity contribution in [3.05, 3.63) is 77.3 Å². The molecule has 0 fully saturated rings. The van der Waals surface area contributed by atoms with Gasteiger partial charge in [0.05, 0.1) is 0 Å². The van der Waals surface area contributed by atoms with Gasteiger partial charge in [-0.25, -0.2) is 0 Å². The van der Waals surface area contributed by atoms with Crippen molar-refractivity contribution in [1.29, 1.82) is 0 Å². The van der Waals surface area contributed by atoms with Crippen LogP contribution in [0, 0.1) is 6.92 Å². The maximum Gasteiger partial charge on any atom is 0.256 e. The number of likely N-dealkylation sites (N-methyl/N-ethyl adjacent to an activating group) is 1. The summed E-state index contributed by atoms with van der Waals surface area (Å²) in [5.41, 5.74) is 2.09. The van der Waals surface area contributed by atoms with Gasteiger partial charge in [0.1, 0.15) is 5.76 Å². The highest BCUT2D eigenvalue weighted by Gasteiger charge is 2.14. The zero-order chi connectivity index (χ0) is 19.2. The van der Waals surface area contributed by atoms with Crippen molar-refractivity contribution in [2.75, 3.05) is 18.9 Å². The van der Waals surface area contributed by atoms with E-state index in [1.54, 1.807) is 61.6 Å². The summed E-state index contributed by atoms with van der Waals surface area (Å²) in [6.45, 7) is 2.34. The molecular weight excluding hydrogens is 344 g/mol. The summed E-state index contributed by atoms with van der Waals surface area (Å²) in [6, 6.07) is 12.0. The quantitative estimate of drug-likeness (QED) is 0.726. The Morgan fingerprint density at radius 1 is 1.07 bits per heavy atom. The van der Waals surface area contributed by atoms with Gasteiger partial charge in [-0.1, -0.05) is 5.16 Å². The molecule has 0 spiro atoms. The molecule has 2 heterocycles. The third kappa shape index (κ3) is 4.78. The lowest BCUT2D eigenvalue weighted by atomic mass is 10.1. The van der Waals surface area contributed by atoms with Crippen LogP contribution in [-0.2, 0) is 6.42 Å². The molecule has 2 amide bonds. The number of carbonyl (C=O) groups is 2. The Morgan fingerprint density at radius 3 is 2.37 bits per heavy atom. The Kier molecular flexibility index (Phi) is 5.61. The van der Waals surface area contributed by atoms with E-state index in [-0.39, 0.29) is 11.8 Å². The molecule has 7 heteroatoms. The van der Waals surface area contributed by atoms with Gasteiger partial charge in [-0.05, 0) is 55.3 Å². The summed E-state index contributed by atoms with van der Waals surface area (Å²) in [7, 11) is 1.76. The van der Waals surface area contributed by atoms with Crippen LogP contribution in [0.3, 0.4) is 0 Å². The van der Waals surface area contributed by atoms with Gasteiger partial charge < -0.3 is 14.7 Å². The van der Waals surface area contributed by atoms with E-state index < -0.39 is 0 Å². The average molecular weight is 364 g/mol. The van der Waals surface area contributed by atoms with Gasteiger partial charge in [0.15, 0.2) is 5.82 Å². The van der Waals surface area contributed by atoms with Crippen molar-refractivity contribution >= 4 is 17.6 Å². The number of hydrogen-bond donors (Lipinski definition) is 1. The molecule has 7 nitrogen and oxygen atoms in total. The molecule has 1 N–H and O–H groups in total. The zero-order valence-electron chi connectivity index (χ0n) is 15.2. The van der Waals surface area contributed by atoms with Crippen molar-refractivity contribution in [2.45, 2.75) is 13.3 Å². The van der Waals surface area contributed by atoms with E-state index in [0.29, 0.717) is 29.2 Å². The molecule has 0 atom stereocenters. The number of pyridine rings is 1. The smallest absolute Gasteiger partial charge is 0.256 e. The van der Waals surface area contributed by atoms with E-state index in [1.165, 1.54) is 0 Å². The van der Waals surface area contributed by atoms with E-state index in [1.807, 2.05) is 12.1 Å². The van der Waals surface area contributed by atoms with Crippen LogP contribution in [0.5, 0.6) is 0 Å². The van der Waals surface area contributed by atoms with Gasteiger partial charge in [0.25, 0.3) is 11.8 Å². The molecule has 138 valence electrons. The second-order valence-corrected chi connectivity index (χ2v) is 6.19. The van der Waals surface area contributed by atoms with Crippen molar-refractivity contribution in [2.24, 2.45) is 0 Å². The third-order valence-corrected chi connectivity index (χ3v) is 4.10. The number of aromatic nitrogens is 2. The predicted molar refractivity (Wildman–Crippen MR) is 101 cm³/mol. The zero-order valence-corrected chi connectivity index (χ0v) is 15.2. The number of rotatable bonds is 6. The minimum Gasteiger partial charge on any atom is -0.360 e. The van der Waals surface area contributed by atoms with Gasteiger partial charge in [-0.15, -0.1) is 0 Å². The number of amides is 2. The summed E-state index contributed by atoms with van der Waals surface area (Å²) < 4.78 is 4.91. The normalized spacial score (nSPS) is 10.4. The number of nitrogens with one attached hydrogen (secondary N) is 1. The van der Waals surface area contributed by atoms with Crippen molar-refractivity contribution in [1.82, 2.24) is 15.0 Å². The molecule has 0 aliphatic rings. The minimum absolute atomic E-state index is 0.0943. The molecule has 1 aromatic carbocycles. The van der Waals surface area contributed by atoms with Gasteiger partial charge in [0.2, 0.25) is 0 Å². The molecular formula is C20H20N4O3. The Balaban J connectivity index is 1.58. The fourth-order valence-corrected chi connectivity index (χ4v) is 2.55. The monoisotopic (exact) mass is 364 g/mol. The number of hydrogen-bond acceptors (Lipinski definition) is 5. The lowest BCUT2D eigenvalue weighted by Gasteiger charge is -2.17. The molecule has 0 radical (unpaired) electrons. The fraction of sp³-hybridized carbons (Fsp3) is 0.200. The first-order chi connectivity index (χ1) is 13.0. The Hall–Kier alpha value is -3.48. The molecule has 27 heavy (non-hydrogen) atoms. The molecule has 0 saturated heterocycles. The van der Waals surface area contributed by atoms with Crippen LogP contribution in [0.1, 0.15) is 32.0 Å². The van der Waals surface area contributed by atoms with Gasteiger partial charge in [0, 0.05) is 43.2 Å². The lowest BCUT2D eigenvalue weighted by molar-refractivity contribution is 0.0796. The molecule has 0 unspecified atom stereocenters.